The molecular weight excluding hydrogens is 396 g/mol. The van der Waals surface area contributed by atoms with Crippen molar-refractivity contribution in [3.8, 4) is 0 Å². The Morgan fingerprint density at radius 1 is 1.00 bits per heavy atom. The fraction of sp³-hybridized carbons (Fsp3) is 0.920. The van der Waals surface area contributed by atoms with E-state index in [2.05, 4.69) is 6.92 Å². The van der Waals surface area contributed by atoms with E-state index in [1.165, 1.54) is 13.8 Å². The number of fused-ring (bicyclic) bond motifs is 5. The van der Waals surface area contributed by atoms with Crippen LogP contribution in [0.15, 0.2) is 0 Å². The SMILES string of the molecule is CC(=O)OC(C)[C@H]1CC[C@]2(O)[C@@H]3CC[C@H]4C[C@@H](OC(C)=O)CC[C@]4(CO)[C@H]3CC[C@]12C. The van der Waals surface area contributed by atoms with Crippen molar-refractivity contribution in [3.63, 3.8) is 0 Å². The van der Waals surface area contributed by atoms with Gasteiger partial charge in [0.15, 0.2) is 0 Å². The van der Waals surface area contributed by atoms with Crippen LogP contribution >= 0.6 is 0 Å². The Labute approximate surface area is 186 Å². The molecule has 4 aliphatic rings. The molecule has 31 heavy (non-hydrogen) atoms. The molecule has 0 spiro atoms. The molecular formula is C25H40O6. The molecule has 0 amide bonds. The van der Waals surface area contributed by atoms with Crippen molar-refractivity contribution in [2.24, 2.45) is 34.5 Å². The zero-order valence-corrected chi connectivity index (χ0v) is 19.6. The van der Waals surface area contributed by atoms with Gasteiger partial charge < -0.3 is 19.7 Å². The van der Waals surface area contributed by atoms with Crippen molar-refractivity contribution < 1.29 is 29.3 Å². The van der Waals surface area contributed by atoms with Crippen molar-refractivity contribution in [3.05, 3.63) is 0 Å². The highest BCUT2D eigenvalue weighted by Crippen LogP contribution is 2.69. The molecule has 0 saturated heterocycles. The van der Waals surface area contributed by atoms with E-state index in [0.717, 1.165) is 57.8 Å². The fourth-order valence-electron chi connectivity index (χ4n) is 8.77. The van der Waals surface area contributed by atoms with Gasteiger partial charge in [-0.25, -0.2) is 0 Å². The second kappa shape index (κ2) is 8.02. The first-order chi connectivity index (χ1) is 14.6. The number of aliphatic hydroxyl groups is 2. The van der Waals surface area contributed by atoms with Crippen LogP contribution in [0, 0.1) is 34.5 Å². The lowest BCUT2D eigenvalue weighted by Crippen LogP contribution is -2.64. The molecule has 6 nitrogen and oxygen atoms in total. The summed E-state index contributed by atoms with van der Waals surface area (Å²) in [4.78, 5) is 23.0. The zero-order valence-electron chi connectivity index (χ0n) is 19.6. The molecule has 1 unspecified atom stereocenters. The predicted molar refractivity (Wildman–Crippen MR) is 115 cm³/mol. The first-order valence-electron chi connectivity index (χ1n) is 12.2. The molecule has 4 fully saturated rings. The van der Waals surface area contributed by atoms with Gasteiger partial charge in [-0.1, -0.05) is 6.92 Å². The minimum Gasteiger partial charge on any atom is -0.463 e. The molecule has 0 bridgehead atoms. The smallest absolute Gasteiger partial charge is 0.302 e. The van der Waals surface area contributed by atoms with Crippen LogP contribution in [0.3, 0.4) is 0 Å². The number of hydrogen-bond acceptors (Lipinski definition) is 6. The van der Waals surface area contributed by atoms with Crippen LogP contribution in [0.5, 0.6) is 0 Å². The lowest BCUT2D eigenvalue weighted by molar-refractivity contribution is -0.227. The van der Waals surface area contributed by atoms with E-state index in [9.17, 15) is 19.8 Å². The summed E-state index contributed by atoms with van der Waals surface area (Å²) in [6.07, 6.45) is 7.63. The van der Waals surface area contributed by atoms with Crippen molar-refractivity contribution in [2.75, 3.05) is 6.61 Å². The lowest BCUT2D eigenvalue weighted by Gasteiger charge is -2.64. The second-order valence-electron chi connectivity index (χ2n) is 11.2. The Balaban J connectivity index is 1.59. The molecule has 0 heterocycles. The van der Waals surface area contributed by atoms with Gasteiger partial charge in [0.25, 0.3) is 0 Å². The minimum absolute atomic E-state index is 0.0453. The summed E-state index contributed by atoms with van der Waals surface area (Å²) in [5.74, 6) is 0.456. The van der Waals surface area contributed by atoms with Gasteiger partial charge in [-0.2, -0.15) is 0 Å². The van der Waals surface area contributed by atoms with Crippen LogP contribution < -0.4 is 0 Å². The van der Waals surface area contributed by atoms with Crippen molar-refractivity contribution in [2.45, 2.75) is 103 Å². The summed E-state index contributed by atoms with van der Waals surface area (Å²) < 4.78 is 11.1. The van der Waals surface area contributed by atoms with Gasteiger partial charge in [-0.3, -0.25) is 9.59 Å². The quantitative estimate of drug-likeness (QED) is 0.654. The number of carbonyl (C=O) groups is 2. The van der Waals surface area contributed by atoms with E-state index >= 15 is 0 Å². The number of esters is 2. The maximum Gasteiger partial charge on any atom is 0.302 e. The van der Waals surface area contributed by atoms with Crippen LogP contribution in [-0.2, 0) is 19.1 Å². The summed E-state index contributed by atoms with van der Waals surface area (Å²) in [6, 6.07) is 0. The van der Waals surface area contributed by atoms with Gasteiger partial charge >= 0.3 is 11.9 Å². The van der Waals surface area contributed by atoms with Crippen LogP contribution in [0.25, 0.3) is 0 Å². The maximum atomic E-state index is 12.2. The minimum atomic E-state index is -0.783. The first-order valence-corrected chi connectivity index (χ1v) is 12.2. The Morgan fingerprint density at radius 3 is 2.39 bits per heavy atom. The highest BCUT2D eigenvalue weighted by atomic mass is 16.5. The number of carbonyl (C=O) groups excluding carboxylic acids is 2. The molecule has 0 aliphatic heterocycles. The maximum absolute atomic E-state index is 12.2. The number of ether oxygens (including phenoxy) is 2. The largest absolute Gasteiger partial charge is 0.463 e. The normalized spacial score (nSPS) is 47.5. The fourth-order valence-corrected chi connectivity index (χ4v) is 8.77. The Morgan fingerprint density at radius 2 is 1.74 bits per heavy atom. The molecule has 0 radical (unpaired) electrons. The Kier molecular flexibility index (Phi) is 5.96. The summed E-state index contributed by atoms with van der Waals surface area (Å²) in [6.45, 7) is 7.24. The molecule has 4 aliphatic carbocycles. The van der Waals surface area contributed by atoms with E-state index in [-0.39, 0.29) is 59.3 Å². The third-order valence-corrected chi connectivity index (χ3v) is 10.1. The summed E-state index contributed by atoms with van der Waals surface area (Å²) in [5.41, 5.74) is -1.24. The standard InChI is InChI=1S/C25H40O6/c1-15(30-16(2)27)20-9-12-25(29)22-6-5-18-13-19(31-17(3)28)7-11-24(18,14-26)21(22)8-10-23(20,25)4/h15,18-22,26,29H,5-14H2,1-4H3/t15?,18-,19-,20+,21-,22+,23+,24+,25-/m0/s1. The van der Waals surface area contributed by atoms with E-state index in [4.69, 9.17) is 9.47 Å². The van der Waals surface area contributed by atoms with Crippen molar-refractivity contribution in [1.82, 2.24) is 0 Å². The molecule has 0 aromatic heterocycles. The molecule has 0 aromatic carbocycles. The lowest BCUT2D eigenvalue weighted by atomic mass is 9.43. The number of hydrogen-bond donors (Lipinski definition) is 2. The second-order valence-corrected chi connectivity index (χ2v) is 11.2. The van der Waals surface area contributed by atoms with Crippen LogP contribution in [-0.4, -0.2) is 46.6 Å². The Hall–Kier alpha value is -1.14. The van der Waals surface area contributed by atoms with E-state index in [1.807, 2.05) is 6.92 Å². The number of aliphatic hydroxyl groups excluding tert-OH is 1. The monoisotopic (exact) mass is 436 g/mol. The Bertz CT molecular complexity index is 723. The molecule has 6 heteroatoms. The highest BCUT2D eigenvalue weighted by molar-refractivity contribution is 5.66. The first kappa shape index (κ1) is 23.0. The average molecular weight is 437 g/mol. The molecule has 4 rings (SSSR count). The summed E-state index contributed by atoms with van der Waals surface area (Å²) in [5, 5.41) is 22.9. The molecule has 176 valence electrons. The predicted octanol–water partition coefficient (Wildman–Crippen LogP) is 3.62. The van der Waals surface area contributed by atoms with Crippen molar-refractivity contribution >= 4 is 11.9 Å². The van der Waals surface area contributed by atoms with Gasteiger partial charge in [0.1, 0.15) is 12.2 Å². The molecule has 0 aromatic rings. The summed E-state index contributed by atoms with van der Waals surface area (Å²) in [7, 11) is 0. The van der Waals surface area contributed by atoms with Gasteiger partial charge in [0.05, 0.1) is 5.60 Å². The van der Waals surface area contributed by atoms with Crippen molar-refractivity contribution in [1.29, 1.82) is 0 Å². The van der Waals surface area contributed by atoms with Gasteiger partial charge in [-0.15, -0.1) is 0 Å². The van der Waals surface area contributed by atoms with Crippen LogP contribution in [0.1, 0.15) is 85.5 Å². The third-order valence-electron chi connectivity index (χ3n) is 10.1. The third kappa shape index (κ3) is 3.43. The number of rotatable bonds is 4. The van der Waals surface area contributed by atoms with E-state index in [1.54, 1.807) is 0 Å². The molecule has 9 atom stereocenters. The van der Waals surface area contributed by atoms with E-state index in [0.29, 0.717) is 5.92 Å². The van der Waals surface area contributed by atoms with Crippen LogP contribution in [0.2, 0.25) is 0 Å². The van der Waals surface area contributed by atoms with E-state index < -0.39 is 5.60 Å². The highest BCUT2D eigenvalue weighted by Gasteiger charge is 2.68. The molecule has 2 N–H and O–H groups in total. The summed E-state index contributed by atoms with van der Waals surface area (Å²) >= 11 is 0. The average Bonchev–Trinajstić information content (AvgIpc) is 2.98. The van der Waals surface area contributed by atoms with Gasteiger partial charge in [-0.05, 0) is 87.9 Å². The van der Waals surface area contributed by atoms with Crippen LogP contribution in [0.4, 0.5) is 0 Å². The zero-order chi connectivity index (χ0) is 22.6. The molecule has 4 saturated carbocycles. The topological polar surface area (TPSA) is 93.1 Å². The van der Waals surface area contributed by atoms with Gasteiger partial charge in [0, 0.05) is 31.8 Å². The van der Waals surface area contributed by atoms with Gasteiger partial charge in [0.2, 0.25) is 0 Å².